The molecule has 0 aromatic heterocycles. The number of hydrogen-bond acceptors (Lipinski definition) is 8. The number of hydrogen-bond donors (Lipinski definition) is 1. The first kappa shape index (κ1) is 22.0. The zero-order valence-corrected chi connectivity index (χ0v) is 17.3. The Morgan fingerprint density at radius 2 is 2.13 bits per heavy atom. The summed E-state index contributed by atoms with van der Waals surface area (Å²) in [4.78, 5) is 35.7. The van der Waals surface area contributed by atoms with E-state index in [-0.39, 0.29) is 24.9 Å². The molecule has 0 radical (unpaired) electrons. The van der Waals surface area contributed by atoms with Crippen molar-refractivity contribution in [2.45, 2.75) is 51.1 Å². The minimum absolute atomic E-state index is 0.0221. The minimum atomic E-state index is -0.739. The van der Waals surface area contributed by atoms with Gasteiger partial charge < -0.3 is 24.1 Å². The molecule has 0 unspecified atom stereocenters. The van der Waals surface area contributed by atoms with Gasteiger partial charge in [0.15, 0.2) is 0 Å². The third-order valence-corrected chi connectivity index (χ3v) is 5.39. The maximum absolute atomic E-state index is 12.5. The average Bonchev–Trinajstić information content (AvgIpc) is 3.22. The van der Waals surface area contributed by atoms with E-state index in [2.05, 4.69) is 6.58 Å². The van der Waals surface area contributed by atoms with Crippen molar-refractivity contribution in [3.8, 4) is 0 Å². The van der Waals surface area contributed by atoms with Crippen LogP contribution in [0.2, 0.25) is 0 Å². The van der Waals surface area contributed by atoms with Gasteiger partial charge in [0.05, 0.1) is 18.1 Å². The summed E-state index contributed by atoms with van der Waals surface area (Å²) in [6.45, 7) is 8.39. The molecular formula is C22H26O8. The monoisotopic (exact) mass is 418 g/mol. The molecule has 2 fully saturated rings. The quantitative estimate of drug-likeness (QED) is 0.310. The SMILES string of the molecule is C=C1C(=O)O[C@@H]2/C=C(CO)\C=C/[C@H]3O[C@]3(C)C[C@@H](OC(=O)/C=C(/C)COC(C)=O)[C@@H]12. The van der Waals surface area contributed by atoms with Gasteiger partial charge in [-0.3, -0.25) is 4.79 Å². The molecule has 2 saturated heterocycles. The molecule has 0 amide bonds. The lowest BCUT2D eigenvalue weighted by Gasteiger charge is -2.27. The van der Waals surface area contributed by atoms with E-state index in [9.17, 15) is 19.5 Å². The van der Waals surface area contributed by atoms with Crippen molar-refractivity contribution >= 4 is 17.9 Å². The van der Waals surface area contributed by atoms with Crippen LogP contribution >= 0.6 is 0 Å². The molecule has 8 heteroatoms. The molecule has 5 atom stereocenters. The Hall–Kier alpha value is -2.71. The van der Waals surface area contributed by atoms with Crippen LogP contribution in [0.4, 0.5) is 0 Å². The van der Waals surface area contributed by atoms with E-state index in [1.165, 1.54) is 13.0 Å². The molecule has 2 heterocycles. The zero-order valence-electron chi connectivity index (χ0n) is 17.3. The zero-order chi connectivity index (χ0) is 22.1. The van der Waals surface area contributed by atoms with Gasteiger partial charge in [0.25, 0.3) is 0 Å². The third-order valence-electron chi connectivity index (χ3n) is 5.39. The second kappa shape index (κ2) is 8.57. The lowest BCUT2D eigenvalue weighted by atomic mass is 9.83. The Kier molecular flexibility index (Phi) is 6.28. The van der Waals surface area contributed by atoms with E-state index in [0.717, 1.165) is 0 Å². The highest BCUT2D eigenvalue weighted by Crippen LogP contribution is 2.46. The molecule has 3 rings (SSSR count). The Balaban J connectivity index is 1.86. The summed E-state index contributed by atoms with van der Waals surface area (Å²) >= 11 is 0. The molecule has 0 bridgehead atoms. The standard InChI is InChI=1S/C22H26O8/c1-12(11-27-14(3)24)7-19(25)28-17-9-22(4)18(30-22)6-5-15(10-23)8-16-20(17)13(2)21(26)29-16/h5-8,16-18,20,23H,2,9-11H2,1,3-4H3/b6-5-,12-7-,15-8+/t16-,17-,18-,20+,22-/m1/s1. The van der Waals surface area contributed by atoms with Crippen LogP contribution in [0.5, 0.6) is 0 Å². The van der Waals surface area contributed by atoms with Crippen LogP contribution in [0.25, 0.3) is 0 Å². The molecule has 2 aliphatic heterocycles. The number of carbonyl (C=O) groups is 3. The molecular weight excluding hydrogens is 392 g/mol. The Morgan fingerprint density at radius 3 is 2.80 bits per heavy atom. The van der Waals surface area contributed by atoms with Gasteiger partial charge in [-0.25, -0.2) is 9.59 Å². The molecule has 0 saturated carbocycles. The van der Waals surface area contributed by atoms with Crippen molar-refractivity contribution in [3.63, 3.8) is 0 Å². The smallest absolute Gasteiger partial charge is 0.334 e. The Bertz CT molecular complexity index is 851. The summed E-state index contributed by atoms with van der Waals surface area (Å²) in [7, 11) is 0. The van der Waals surface area contributed by atoms with Crippen LogP contribution in [0.3, 0.4) is 0 Å². The molecule has 162 valence electrons. The van der Waals surface area contributed by atoms with Crippen LogP contribution in [-0.2, 0) is 33.3 Å². The first-order valence-electron chi connectivity index (χ1n) is 9.71. The summed E-state index contributed by atoms with van der Waals surface area (Å²) < 4.78 is 21.8. The maximum Gasteiger partial charge on any atom is 0.334 e. The van der Waals surface area contributed by atoms with E-state index in [0.29, 0.717) is 17.6 Å². The molecule has 3 aliphatic rings. The van der Waals surface area contributed by atoms with E-state index in [1.54, 1.807) is 19.1 Å². The first-order chi connectivity index (χ1) is 14.1. The van der Waals surface area contributed by atoms with E-state index in [4.69, 9.17) is 18.9 Å². The largest absolute Gasteiger partial charge is 0.461 e. The molecule has 30 heavy (non-hydrogen) atoms. The van der Waals surface area contributed by atoms with Crippen molar-refractivity contribution in [1.82, 2.24) is 0 Å². The van der Waals surface area contributed by atoms with Gasteiger partial charge >= 0.3 is 17.9 Å². The normalized spacial score (nSPS) is 35.9. The van der Waals surface area contributed by atoms with Crippen LogP contribution in [0.15, 0.2) is 47.6 Å². The van der Waals surface area contributed by atoms with Gasteiger partial charge in [0.1, 0.15) is 24.9 Å². The van der Waals surface area contributed by atoms with Gasteiger partial charge in [0, 0.05) is 25.0 Å². The lowest BCUT2D eigenvalue weighted by molar-refractivity contribution is -0.147. The fourth-order valence-electron chi connectivity index (χ4n) is 3.71. The third kappa shape index (κ3) is 4.88. The molecule has 1 aliphatic carbocycles. The van der Waals surface area contributed by atoms with Crippen molar-refractivity contribution in [3.05, 3.63) is 47.6 Å². The van der Waals surface area contributed by atoms with Crippen LogP contribution < -0.4 is 0 Å². The highest BCUT2D eigenvalue weighted by Gasteiger charge is 2.56. The summed E-state index contributed by atoms with van der Waals surface area (Å²) in [5.41, 5.74) is 0.708. The van der Waals surface area contributed by atoms with Gasteiger partial charge in [-0.2, -0.15) is 0 Å². The maximum atomic E-state index is 12.5. The van der Waals surface area contributed by atoms with Crippen molar-refractivity contribution < 1.29 is 38.4 Å². The van der Waals surface area contributed by atoms with Crippen molar-refractivity contribution in [2.24, 2.45) is 5.92 Å². The molecule has 0 spiro atoms. The number of aliphatic hydroxyl groups excluding tert-OH is 1. The predicted molar refractivity (Wildman–Crippen MR) is 105 cm³/mol. The van der Waals surface area contributed by atoms with Gasteiger partial charge in [-0.15, -0.1) is 0 Å². The molecule has 0 aromatic rings. The Morgan fingerprint density at radius 1 is 1.40 bits per heavy atom. The fraction of sp³-hybridized carbons (Fsp3) is 0.500. The number of rotatable bonds is 5. The molecule has 8 nitrogen and oxygen atoms in total. The van der Waals surface area contributed by atoms with Gasteiger partial charge in [-0.1, -0.05) is 18.7 Å². The van der Waals surface area contributed by atoms with Crippen LogP contribution in [0, 0.1) is 5.92 Å². The number of carbonyl (C=O) groups excluding carboxylic acids is 3. The number of fused-ring (bicyclic) bond motifs is 2. The van der Waals surface area contributed by atoms with E-state index in [1.807, 2.05) is 13.0 Å². The number of epoxide rings is 1. The van der Waals surface area contributed by atoms with Gasteiger partial charge in [0.2, 0.25) is 0 Å². The second-order valence-electron chi connectivity index (χ2n) is 7.98. The number of esters is 3. The lowest BCUT2D eigenvalue weighted by Crippen LogP contribution is -2.36. The summed E-state index contributed by atoms with van der Waals surface area (Å²) in [5, 5.41) is 9.63. The molecule has 0 aromatic carbocycles. The van der Waals surface area contributed by atoms with E-state index < -0.39 is 41.6 Å². The van der Waals surface area contributed by atoms with Crippen LogP contribution in [0.1, 0.15) is 27.2 Å². The molecule has 1 N–H and O–H groups in total. The minimum Gasteiger partial charge on any atom is -0.461 e. The van der Waals surface area contributed by atoms with E-state index >= 15 is 0 Å². The fourth-order valence-corrected chi connectivity index (χ4v) is 3.71. The first-order valence-corrected chi connectivity index (χ1v) is 9.71. The van der Waals surface area contributed by atoms with Crippen LogP contribution in [-0.4, -0.2) is 60.1 Å². The van der Waals surface area contributed by atoms with Gasteiger partial charge in [-0.05, 0) is 31.1 Å². The second-order valence-corrected chi connectivity index (χ2v) is 7.98. The predicted octanol–water partition coefficient (Wildman–Crippen LogP) is 1.54. The summed E-state index contributed by atoms with van der Waals surface area (Å²) in [5.74, 6) is -2.26. The average molecular weight is 418 g/mol. The number of ether oxygens (including phenoxy) is 4. The summed E-state index contributed by atoms with van der Waals surface area (Å²) in [6, 6.07) is 0. The van der Waals surface area contributed by atoms with Crippen molar-refractivity contribution in [1.29, 1.82) is 0 Å². The number of aliphatic hydroxyl groups is 1. The highest BCUT2D eigenvalue weighted by atomic mass is 16.6. The highest BCUT2D eigenvalue weighted by molar-refractivity contribution is 5.91. The summed E-state index contributed by atoms with van der Waals surface area (Å²) in [6.07, 6.45) is 5.15. The topological polar surface area (TPSA) is 112 Å². The van der Waals surface area contributed by atoms with Crippen molar-refractivity contribution in [2.75, 3.05) is 13.2 Å². The Labute approximate surface area is 174 Å².